The summed E-state index contributed by atoms with van der Waals surface area (Å²) in [6, 6.07) is 4.16. The van der Waals surface area contributed by atoms with E-state index in [1.165, 1.54) is 6.07 Å². The number of nitrogens with zero attached hydrogens (tertiary/aromatic N) is 1. The highest BCUT2D eigenvalue weighted by atomic mass is 35.5. The van der Waals surface area contributed by atoms with Crippen molar-refractivity contribution < 1.29 is 22.7 Å². The Morgan fingerprint density at radius 1 is 1.44 bits per heavy atom. The molecule has 16 heavy (non-hydrogen) atoms. The monoisotopic (exact) mass is 249 g/mol. The number of nitriles is 1. The topological polar surface area (TPSA) is 50.1 Å². The van der Waals surface area contributed by atoms with Gasteiger partial charge in [0.1, 0.15) is 11.8 Å². The quantitative estimate of drug-likeness (QED) is 0.598. The van der Waals surface area contributed by atoms with Crippen molar-refractivity contribution in [3.63, 3.8) is 0 Å². The number of benzene rings is 1. The summed E-state index contributed by atoms with van der Waals surface area (Å²) in [6.45, 7) is 0. The van der Waals surface area contributed by atoms with Crippen molar-refractivity contribution in [2.45, 2.75) is 6.36 Å². The molecule has 0 spiro atoms. The molecule has 0 aliphatic carbocycles. The van der Waals surface area contributed by atoms with Crippen LogP contribution in [0.1, 0.15) is 10.4 Å². The van der Waals surface area contributed by atoms with Gasteiger partial charge in [-0.25, -0.2) is 0 Å². The Morgan fingerprint density at radius 2 is 2.06 bits per heavy atom. The predicted molar refractivity (Wildman–Crippen MR) is 48.1 cm³/mol. The van der Waals surface area contributed by atoms with E-state index in [0.717, 1.165) is 18.2 Å². The molecule has 0 unspecified atom stereocenters. The molecule has 0 aliphatic rings. The van der Waals surface area contributed by atoms with Gasteiger partial charge in [-0.3, -0.25) is 4.79 Å². The van der Waals surface area contributed by atoms with Crippen LogP contribution in [0.5, 0.6) is 5.75 Å². The average molecular weight is 250 g/mol. The highest BCUT2D eigenvalue weighted by molar-refractivity contribution is 6.32. The lowest BCUT2D eigenvalue weighted by Crippen LogP contribution is -2.17. The first-order valence-electron chi connectivity index (χ1n) is 3.83. The van der Waals surface area contributed by atoms with Crippen LogP contribution >= 0.6 is 11.6 Å². The summed E-state index contributed by atoms with van der Waals surface area (Å²) in [5, 5.41) is 7.89. The molecule has 1 aromatic rings. The maximum atomic E-state index is 11.8. The second-order valence-corrected chi connectivity index (χ2v) is 3.04. The molecule has 0 heterocycles. The molecule has 3 nitrogen and oxygen atoms in total. The summed E-state index contributed by atoms with van der Waals surface area (Å²) in [6.07, 6.45) is -4.86. The summed E-state index contributed by atoms with van der Waals surface area (Å²) in [5.41, 5.74) is -0.0953. The van der Waals surface area contributed by atoms with Crippen molar-refractivity contribution in [2.75, 3.05) is 0 Å². The summed E-state index contributed by atoms with van der Waals surface area (Å²) in [4.78, 5) is 10.9. The molecule has 0 saturated carbocycles. The molecule has 0 aliphatic heterocycles. The summed E-state index contributed by atoms with van der Waals surface area (Å²) in [7, 11) is 0. The third kappa shape index (κ3) is 3.14. The number of hydrogen-bond acceptors (Lipinski definition) is 3. The van der Waals surface area contributed by atoms with E-state index in [1.54, 1.807) is 0 Å². The lowest BCUT2D eigenvalue weighted by Gasteiger charge is -2.10. The maximum Gasteiger partial charge on any atom is 0.573 e. The molecule has 0 N–H and O–H groups in total. The van der Waals surface area contributed by atoms with Crippen LogP contribution in [0.3, 0.4) is 0 Å². The third-order valence-corrected chi connectivity index (χ3v) is 1.82. The normalized spacial score (nSPS) is 10.7. The van der Waals surface area contributed by atoms with Crippen molar-refractivity contribution in [1.29, 1.82) is 5.26 Å². The first-order chi connectivity index (χ1) is 7.33. The number of carbonyl (C=O) groups excluding carboxylic acids is 1. The van der Waals surface area contributed by atoms with Crippen molar-refractivity contribution in [1.82, 2.24) is 0 Å². The van der Waals surface area contributed by atoms with E-state index in [-0.39, 0.29) is 5.56 Å². The number of ketones is 1. The Bertz CT molecular complexity index is 465. The third-order valence-electron chi connectivity index (χ3n) is 1.52. The molecule has 1 rings (SSSR count). The number of ether oxygens (including phenoxy) is 1. The van der Waals surface area contributed by atoms with Crippen LogP contribution in [0.2, 0.25) is 5.02 Å². The summed E-state index contributed by atoms with van der Waals surface area (Å²) < 4.78 is 39.1. The van der Waals surface area contributed by atoms with Gasteiger partial charge in [-0.1, -0.05) is 11.6 Å². The largest absolute Gasteiger partial charge is 0.573 e. The fraction of sp³-hybridized carbons (Fsp3) is 0.111. The summed E-state index contributed by atoms with van der Waals surface area (Å²) in [5.74, 6) is -1.51. The van der Waals surface area contributed by atoms with Crippen LogP contribution in [0.4, 0.5) is 13.2 Å². The highest BCUT2D eigenvalue weighted by Gasteiger charge is 2.32. The smallest absolute Gasteiger partial charge is 0.404 e. The van der Waals surface area contributed by atoms with Gasteiger partial charge >= 0.3 is 6.36 Å². The lowest BCUT2D eigenvalue weighted by atomic mass is 10.1. The Hall–Kier alpha value is -1.74. The molecular weight excluding hydrogens is 247 g/mol. The Labute approximate surface area is 93.0 Å². The average Bonchev–Trinajstić information content (AvgIpc) is 2.18. The molecule has 0 saturated heterocycles. The van der Waals surface area contributed by atoms with Gasteiger partial charge in [-0.05, 0) is 18.2 Å². The van der Waals surface area contributed by atoms with Gasteiger partial charge in [0.25, 0.3) is 5.78 Å². The molecule has 0 bridgehead atoms. The number of carbonyl (C=O) groups is 1. The molecule has 1 aromatic carbocycles. The fourth-order valence-corrected chi connectivity index (χ4v) is 1.13. The van der Waals surface area contributed by atoms with E-state index in [9.17, 15) is 18.0 Å². The zero-order chi connectivity index (χ0) is 12.3. The van der Waals surface area contributed by atoms with Gasteiger partial charge in [-0.15, -0.1) is 13.2 Å². The SMILES string of the molecule is N#CC(=O)c1ccc(OC(F)(F)F)c(Cl)c1. The Balaban J connectivity index is 3.02. The predicted octanol–water partition coefficient (Wildman–Crippen LogP) is 2.94. The highest BCUT2D eigenvalue weighted by Crippen LogP contribution is 2.30. The van der Waals surface area contributed by atoms with Crippen LogP contribution in [0.25, 0.3) is 0 Å². The lowest BCUT2D eigenvalue weighted by molar-refractivity contribution is -0.274. The molecule has 0 fully saturated rings. The van der Waals surface area contributed by atoms with E-state index < -0.39 is 22.9 Å². The van der Waals surface area contributed by atoms with Gasteiger partial charge < -0.3 is 4.74 Å². The van der Waals surface area contributed by atoms with Crippen LogP contribution in [0, 0.1) is 11.3 Å². The Morgan fingerprint density at radius 3 is 2.50 bits per heavy atom. The van der Waals surface area contributed by atoms with Gasteiger partial charge in [-0.2, -0.15) is 5.26 Å². The zero-order valence-corrected chi connectivity index (χ0v) is 8.26. The van der Waals surface area contributed by atoms with Crippen LogP contribution in [-0.4, -0.2) is 12.1 Å². The maximum absolute atomic E-state index is 11.8. The van der Waals surface area contributed by atoms with Crippen molar-refractivity contribution in [3.8, 4) is 11.8 Å². The number of rotatable bonds is 2. The standard InChI is InChI=1S/C9H3ClF3NO2/c10-6-3-5(7(15)4-14)1-2-8(6)16-9(11,12)13/h1-3H. The second-order valence-electron chi connectivity index (χ2n) is 2.63. The molecular formula is C9H3ClF3NO2. The second kappa shape index (κ2) is 4.41. The number of hydrogen-bond donors (Lipinski definition) is 0. The van der Waals surface area contributed by atoms with Crippen molar-refractivity contribution >= 4 is 17.4 Å². The van der Waals surface area contributed by atoms with Crippen molar-refractivity contribution in [2.24, 2.45) is 0 Å². The first kappa shape index (κ1) is 12.3. The van der Waals surface area contributed by atoms with E-state index >= 15 is 0 Å². The first-order valence-corrected chi connectivity index (χ1v) is 4.21. The minimum atomic E-state index is -4.86. The fourth-order valence-electron chi connectivity index (χ4n) is 0.914. The number of Topliss-reactive ketones (excluding diaryl/α,β-unsaturated/α-hetero) is 1. The van der Waals surface area contributed by atoms with E-state index in [0.29, 0.717) is 0 Å². The van der Waals surface area contributed by atoms with Crippen LogP contribution in [0.15, 0.2) is 18.2 Å². The minimum absolute atomic E-state index is 0.0953. The van der Waals surface area contributed by atoms with Crippen LogP contribution < -0.4 is 4.74 Å². The molecule has 0 aromatic heterocycles. The van der Waals surface area contributed by atoms with Gasteiger partial charge in [0.05, 0.1) is 5.02 Å². The molecule has 84 valence electrons. The van der Waals surface area contributed by atoms with Gasteiger partial charge in [0.2, 0.25) is 0 Å². The molecule has 0 amide bonds. The van der Waals surface area contributed by atoms with E-state index in [4.69, 9.17) is 16.9 Å². The summed E-state index contributed by atoms with van der Waals surface area (Å²) >= 11 is 5.45. The zero-order valence-electron chi connectivity index (χ0n) is 7.51. The van der Waals surface area contributed by atoms with Crippen molar-refractivity contribution in [3.05, 3.63) is 28.8 Å². The molecule has 0 radical (unpaired) electrons. The number of alkyl halides is 3. The number of halogens is 4. The molecule has 7 heteroatoms. The van der Waals surface area contributed by atoms with E-state index in [2.05, 4.69) is 4.74 Å². The van der Waals surface area contributed by atoms with Gasteiger partial charge in [0.15, 0.2) is 0 Å². The Kier molecular flexibility index (Phi) is 3.40. The van der Waals surface area contributed by atoms with Crippen LogP contribution in [-0.2, 0) is 0 Å². The van der Waals surface area contributed by atoms with E-state index in [1.807, 2.05) is 0 Å². The minimum Gasteiger partial charge on any atom is -0.404 e. The van der Waals surface area contributed by atoms with Gasteiger partial charge in [0, 0.05) is 5.56 Å². The molecule has 0 atom stereocenters.